The van der Waals surface area contributed by atoms with Crippen LogP contribution in [0.15, 0.2) is 0 Å². The van der Waals surface area contributed by atoms with E-state index in [0.29, 0.717) is 0 Å². The molecule has 1 fully saturated rings. The zero-order chi connectivity index (χ0) is 15.2. The summed E-state index contributed by atoms with van der Waals surface area (Å²) in [6.07, 6.45) is 4.66. The van der Waals surface area contributed by atoms with Crippen LogP contribution in [0.25, 0.3) is 0 Å². The van der Waals surface area contributed by atoms with Crippen LogP contribution in [-0.2, 0) is 14.4 Å². The third-order valence-corrected chi connectivity index (χ3v) is 3.83. The Morgan fingerprint density at radius 2 is 1.75 bits per heavy atom. The Bertz CT molecular complexity index is 378. The van der Waals surface area contributed by atoms with Crippen LogP contribution in [0.2, 0.25) is 0 Å². The van der Waals surface area contributed by atoms with Crippen molar-refractivity contribution in [3.63, 3.8) is 0 Å². The average Bonchev–Trinajstić information content (AvgIpc) is 2.36. The number of nitrogens with one attached hydrogen (secondary N) is 2. The number of carboxylic acids is 1. The molecule has 0 aromatic rings. The van der Waals surface area contributed by atoms with Crippen molar-refractivity contribution in [2.75, 3.05) is 13.6 Å². The molecule has 0 unspecified atom stereocenters. The van der Waals surface area contributed by atoms with Crippen LogP contribution >= 0.6 is 0 Å². The zero-order valence-corrected chi connectivity index (χ0v) is 12.1. The van der Waals surface area contributed by atoms with Crippen molar-refractivity contribution in [1.29, 1.82) is 0 Å². The lowest BCUT2D eigenvalue weighted by molar-refractivity contribution is -0.142. The van der Waals surface area contributed by atoms with E-state index in [1.807, 2.05) is 0 Å². The molecule has 0 radical (unpaired) electrons. The summed E-state index contributed by atoms with van der Waals surface area (Å²) in [5.74, 6) is -1.54. The number of carbonyl (C=O) groups excluding carboxylic acids is 2. The fourth-order valence-corrected chi connectivity index (χ4v) is 2.77. The lowest BCUT2D eigenvalue weighted by Gasteiger charge is -2.43. The van der Waals surface area contributed by atoms with Crippen LogP contribution in [0.4, 0.5) is 0 Å². The van der Waals surface area contributed by atoms with E-state index in [2.05, 4.69) is 10.9 Å². The zero-order valence-electron chi connectivity index (χ0n) is 12.1. The first-order valence-electron chi connectivity index (χ1n) is 6.84. The summed E-state index contributed by atoms with van der Waals surface area (Å²) in [6.45, 7) is 1.37. The molecular weight excluding hydrogens is 262 g/mol. The SMILES string of the molecule is CC(=O)NNC(=O)CN(C)C1(CC(=O)O)CCCCC1. The fourth-order valence-electron chi connectivity index (χ4n) is 2.77. The number of hydrazine groups is 1. The summed E-state index contributed by atoms with van der Waals surface area (Å²) >= 11 is 0. The molecule has 3 N–H and O–H groups in total. The summed E-state index contributed by atoms with van der Waals surface area (Å²) in [6, 6.07) is 0. The highest BCUT2D eigenvalue weighted by molar-refractivity contribution is 5.82. The highest BCUT2D eigenvalue weighted by atomic mass is 16.4. The van der Waals surface area contributed by atoms with E-state index in [1.54, 1.807) is 11.9 Å². The van der Waals surface area contributed by atoms with Gasteiger partial charge in [-0.05, 0) is 19.9 Å². The van der Waals surface area contributed by atoms with Gasteiger partial charge in [-0.2, -0.15) is 0 Å². The van der Waals surface area contributed by atoms with Crippen molar-refractivity contribution in [2.45, 2.75) is 51.0 Å². The molecule has 0 aromatic carbocycles. The van der Waals surface area contributed by atoms with Crippen LogP contribution in [0.1, 0.15) is 45.4 Å². The van der Waals surface area contributed by atoms with E-state index < -0.39 is 11.5 Å². The minimum absolute atomic E-state index is 0.0386. The van der Waals surface area contributed by atoms with Crippen molar-refractivity contribution in [1.82, 2.24) is 15.8 Å². The predicted octanol–water partition coefficient (Wildman–Crippen LogP) is 0.263. The minimum atomic E-state index is -0.846. The normalized spacial score (nSPS) is 17.6. The third-order valence-electron chi connectivity index (χ3n) is 3.83. The molecule has 114 valence electrons. The number of likely N-dealkylation sites (N-methyl/N-ethyl adjacent to an activating group) is 1. The van der Waals surface area contributed by atoms with Gasteiger partial charge in [0.15, 0.2) is 0 Å². The maximum absolute atomic E-state index is 11.7. The molecule has 0 spiro atoms. The second kappa shape index (κ2) is 7.23. The van der Waals surface area contributed by atoms with Crippen LogP contribution in [0.3, 0.4) is 0 Å². The topological polar surface area (TPSA) is 98.7 Å². The first-order chi connectivity index (χ1) is 9.35. The quantitative estimate of drug-likeness (QED) is 0.629. The Morgan fingerprint density at radius 1 is 1.15 bits per heavy atom. The van der Waals surface area contributed by atoms with E-state index in [4.69, 9.17) is 5.11 Å². The number of carboxylic acid groups (broad SMARTS) is 1. The first-order valence-corrected chi connectivity index (χ1v) is 6.84. The molecule has 0 aromatic heterocycles. The number of nitrogens with zero attached hydrogens (tertiary/aromatic N) is 1. The van der Waals surface area contributed by atoms with Gasteiger partial charge in [-0.15, -0.1) is 0 Å². The van der Waals surface area contributed by atoms with Gasteiger partial charge in [0, 0.05) is 12.5 Å². The van der Waals surface area contributed by atoms with Crippen LogP contribution in [0, 0.1) is 0 Å². The molecule has 0 heterocycles. The molecule has 7 heteroatoms. The van der Waals surface area contributed by atoms with Crippen LogP contribution in [0.5, 0.6) is 0 Å². The molecule has 1 rings (SSSR count). The van der Waals surface area contributed by atoms with E-state index in [9.17, 15) is 14.4 Å². The first kappa shape index (κ1) is 16.4. The number of amides is 2. The number of rotatable bonds is 5. The largest absolute Gasteiger partial charge is 0.481 e. The summed E-state index contributed by atoms with van der Waals surface area (Å²) in [5.41, 5.74) is 4.06. The highest BCUT2D eigenvalue weighted by Crippen LogP contribution is 2.35. The second-order valence-corrected chi connectivity index (χ2v) is 5.44. The molecule has 0 bridgehead atoms. The number of aliphatic carboxylic acids is 1. The van der Waals surface area contributed by atoms with E-state index in [0.717, 1.165) is 32.1 Å². The van der Waals surface area contributed by atoms with Gasteiger partial charge in [-0.25, -0.2) is 0 Å². The molecule has 0 atom stereocenters. The Hall–Kier alpha value is -1.63. The van der Waals surface area contributed by atoms with E-state index >= 15 is 0 Å². The van der Waals surface area contributed by atoms with Crippen LogP contribution < -0.4 is 10.9 Å². The number of hydrogen-bond acceptors (Lipinski definition) is 4. The molecule has 1 aliphatic rings. The van der Waals surface area contributed by atoms with E-state index in [1.165, 1.54) is 6.92 Å². The molecule has 1 aliphatic carbocycles. The minimum Gasteiger partial charge on any atom is -0.481 e. The van der Waals surface area contributed by atoms with Gasteiger partial charge in [0.25, 0.3) is 5.91 Å². The Morgan fingerprint density at radius 3 is 2.25 bits per heavy atom. The predicted molar refractivity (Wildman–Crippen MR) is 72.7 cm³/mol. The Labute approximate surface area is 118 Å². The number of carbonyl (C=O) groups is 3. The summed E-state index contributed by atoms with van der Waals surface area (Å²) in [7, 11) is 1.77. The van der Waals surface area contributed by atoms with Gasteiger partial charge in [-0.3, -0.25) is 30.1 Å². The van der Waals surface area contributed by atoms with Crippen molar-refractivity contribution in [3.05, 3.63) is 0 Å². The maximum atomic E-state index is 11.7. The van der Waals surface area contributed by atoms with Crippen molar-refractivity contribution >= 4 is 17.8 Å². The van der Waals surface area contributed by atoms with Crippen molar-refractivity contribution in [2.24, 2.45) is 0 Å². The summed E-state index contributed by atoms with van der Waals surface area (Å²) in [5, 5.41) is 9.11. The fraction of sp³-hybridized carbons (Fsp3) is 0.769. The average molecular weight is 285 g/mol. The molecule has 20 heavy (non-hydrogen) atoms. The van der Waals surface area contributed by atoms with Crippen molar-refractivity contribution in [3.8, 4) is 0 Å². The van der Waals surface area contributed by atoms with Gasteiger partial charge < -0.3 is 5.11 Å². The van der Waals surface area contributed by atoms with Crippen molar-refractivity contribution < 1.29 is 19.5 Å². The van der Waals surface area contributed by atoms with Crippen LogP contribution in [-0.4, -0.2) is 46.9 Å². The molecule has 1 saturated carbocycles. The lowest BCUT2D eigenvalue weighted by atomic mass is 9.78. The van der Waals surface area contributed by atoms with E-state index in [-0.39, 0.29) is 24.8 Å². The standard InChI is InChI=1S/C13H23N3O4/c1-10(17)14-15-11(18)9-16(2)13(8-12(19)20)6-4-3-5-7-13/h3-9H2,1-2H3,(H,14,17)(H,15,18)(H,19,20). The molecular formula is C13H23N3O4. The van der Waals surface area contributed by atoms with Gasteiger partial charge in [0.05, 0.1) is 13.0 Å². The molecule has 0 aliphatic heterocycles. The van der Waals surface area contributed by atoms with Gasteiger partial charge in [-0.1, -0.05) is 19.3 Å². The Balaban J connectivity index is 2.63. The smallest absolute Gasteiger partial charge is 0.305 e. The second-order valence-electron chi connectivity index (χ2n) is 5.44. The number of hydrogen-bond donors (Lipinski definition) is 3. The van der Waals surface area contributed by atoms with Gasteiger partial charge in [0.1, 0.15) is 0 Å². The lowest BCUT2D eigenvalue weighted by Crippen LogP contribution is -2.54. The van der Waals surface area contributed by atoms with Gasteiger partial charge in [0.2, 0.25) is 5.91 Å². The molecule has 7 nitrogen and oxygen atoms in total. The van der Waals surface area contributed by atoms with Gasteiger partial charge >= 0.3 is 5.97 Å². The maximum Gasteiger partial charge on any atom is 0.305 e. The summed E-state index contributed by atoms with van der Waals surface area (Å²) in [4.78, 5) is 35.3. The Kier molecular flexibility index (Phi) is 5.94. The summed E-state index contributed by atoms with van der Waals surface area (Å²) < 4.78 is 0. The molecule has 2 amide bonds. The monoisotopic (exact) mass is 285 g/mol. The molecule has 0 saturated heterocycles. The highest BCUT2D eigenvalue weighted by Gasteiger charge is 2.38. The third kappa shape index (κ3) is 4.80.